The van der Waals surface area contributed by atoms with Crippen LogP contribution in [-0.4, -0.2) is 27.6 Å². The largest absolute Gasteiger partial charge is 0.349 e. The first-order valence-corrected chi connectivity index (χ1v) is 6.62. The summed E-state index contributed by atoms with van der Waals surface area (Å²) in [6, 6.07) is 0. The van der Waals surface area contributed by atoms with E-state index in [-0.39, 0.29) is 17.1 Å². The van der Waals surface area contributed by atoms with Crippen molar-refractivity contribution in [3.63, 3.8) is 0 Å². The first-order valence-electron chi connectivity index (χ1n) is 6.62. The summed E-state index contributed by atoms with van der Waals surface area (Å²) in [5, 5.41) is 9.41. The van der Waals surface area contributed by atoms with Crippen molar-refractivity contribution in [2.75, 3.05) is 6.54 Å². The first kappa shape index (κ1) is 14.7. The van der Waals surface area contributed by atoms with Crippen LogP contribution in [0.25, 0.3) is 0 Å². The first-order chi connectivity index (χ1) is 8.44. The van der Waals surface area contributed by atoms with Gasteiger partial charge >= 0.3 is 0 Å². The fourth-order valence-electron chi connectivity index (χ4n) is 1.78. The van der Waals surface area contributed by atoms with Crippen LogP contribution in [0.5, 0.6) is 0 Å². The Bertz CT molecular complexity index is 384. The van der Waals surface area contributed by atoms with Crippen molar-refractivity contribution in [1.29, 1.82) is 0 Å². The van der Waals surface area contributed by atoms with E-state index in [1.54, 1.807) is 6.92 Å². The van der Waals surface area contributed by atoms with Crippen LogP contribution >= 0.6 is 0 Å². The van der Waals surface area contributed by atoms with Gasteiger partial charge in [0.15, 0.2) is 0 Å². The van der Waals surface area contributed by atoms with Crippen LogP contribution in [0.4, 0.5) is 0 Å². The minimum absolute atomic E-state index is 0.121. The van der Waals surface area contributed by atoms with E-state index in [4.69, 9.17) is 0 Å². The monoisotopic (exact) mass is 252 g/mol. The van der Waals surface area contributed by atoms with E-state index >= 15 is 0 Å². The molecule has 5 heteroatoms. The molecule has 0 aromatic carbocycles. The second-order valence-corrected chi connectivity index (χ2v) is 5.55. The van der Waals surface area contributed by atoms with E-state index in [1.807, 2.05) is 0 Å². The molecule has 0 spiro atoms. The second kappa shape index (κ2) is 6.52. The predicted octanol–water partition coefficient (Wildman–Crippen LogP) is 2.45. The van der Waals surface area contributed by atoms with Gasteiger partial charge in [0.1, 0.15) is 5.82 Å². The summed E-state index contributed by atoms with van der Waals surface area (Å²) in [7, 11) is 0. The Kier molecular flexibility index (Phi) is 5.31. The van der Waals surface area contributed by atoms with Crippen molar-refractivity contribution >= 4 is 5.91 Å². The standard InChI is InChI=1S/C13H24N4O/c1-5-6-7-8-13(3,4)9-14-12(18)11-15-10(2)16-17-11/h5-9H2,1-4H3,(H,14,18)(H,15,16,17). The zero-order chi connectivity index (χ0) is 13.6. The highest BCUT2D eigenvalue weighted by Crippen LogP contribution is 2.22. The van der Waals surface area contributed by atoms with E-state index in [1.165, 1.54) is 19.3 Å². The number of amides is 1. The molecule has 102 valence electrons. The summed E-state index contributed by atoms with van der Waals surface area (Å²) in [6.07, 6.45) is 4.80. The highest BCUT2D eigenvalue weighted by molar-refractivity contribution is 5.90. The number of hydrogen-bond acceptors (Lipinski definition) is 3. The molecule has 0 aliphatic heterocycles. The SMILES string of the molecule is CCCCCC(C)(C)CNC(=O)c1n[nH]c(C)n1. The molecule has 0 unspecified atom stereocenters. The maximum absolute atomic E-state index is 11.8. The van der Waals surface area contributed by atoms with Crippen molar-refractivity contribution in [2.24, 2.45) is 5.41 Å². The number of H-pyrrole nitrogens is 1. The lowest BCUT2D eigenvalue weighted by molar-refractivity contribution is 0.0924. The number of rotatable bonds is 7. The number of carbonyl (C=O) groups excluding carboxylic acids is 1. The van der Waals surface area contributed by atoms with Crippen LogP contribution in [0.1, 0.15) is 62.9 Å². The smallest absolute Gasteiger partial charge is 0.290 e. The summed E-state index contributed by atoms with van der Waals surface area (Å²) in [4.78, 5) is 15.8. The molecule has 0 radical (unpaired) electrons. The maximum atomic E-state index is 11.8. The molecule has 2 N–H and O–H groups in total. The van der Waals surface area contributed by atoms with E-state index in [0.29, 0.717) is 12.4 Å². The summed E-state index contributed by atoms with van der Waals surface area (Å²) >= 11 is 0. The molecule has 1 aromatic rings. The average molecular weight is 252 g/mol. The third kappa shape index (κ3) is 4.85. The molecule has 0 saturated heterocycles. The fourth-order valence-corrected chi connectivity index (χ4v) is 1.78. The van der Waals surface area contributed by atoms with E-state index < -0.39 is 0 Å². The number of aromatic amines is 1. The Hall–Kier alpha value is -1.39. The van der Waals surface area contributed by atoms with Gasteiger partial charge in [0.2, 0.25) is 5.82 Å². The molecule has 1 aromatic heterocycles. The van der Waals surface area contributed by atoms with Crippen LogP contribution in [0.15, 0.2) is 0 Å². The Morgan fingerprint density at radius 2 is 2.11 bits per heavy atom. The van der Waals surface area contributed by atoms with Crippen LogP contribution < -0.4 is 5.32 Å². The molecular weight excluding hydrogens is 228 g/mol. The normalized spacial score (nSPS) is 11.6. The summed E-state index contributed by atoms with van der Waals surface area (Å²) in [6.45, 7) is 8.97. The Morgan fingerprint density at radius 3 is 2.67 bits per heavy atom. The molecule has 0 saturated carbocycles. The van der Waals surface area contributed by atoms with Crippen molar-refractivity contribution in [3.05, 3.63) is 11.6 Å². The second-order valence-electron chi connectivity index (χ2n) is 5.55. The summed E-state index contributed by atoms with van der Waals surface area (Å²) < 4.78 is 0. The van der Waals surface area contributed by atoms with Gasteiger partial charge in [-0.2, -0.15) is 0 Å². The van der Waals surface area contributed by atoms with Gasteiger partial charge in [0.05, 0.1) is 0 Å². The van der Waals surface area contributed by atoms with Crippen LogP contribution in [0, 0.1) is 12.3 Å². The van der Waals surface area contributed by atoms with Crippen molar-refractivity contribution in [2.45, 2.75) is 53.4 Å². The van der Waals surface area contributed by atoms with E-state index in [9.17, 15) is 4.79 Å². The lowest BCUT2D eigenvalue weighted by atomic mass is 9.87. The zero-order valence-corrected chi connectivity index (χ0v) is 11.8. The molecule has 0 atom stereocenters. The molecular formula is C13H24N4O. The summed E-state index contributed by atoms with van der Waals surface area (Å²) in [5.41, 5.74) is 0.121. The quantitative estimate of drug-likeness (QED) is 0.732. The van der Waals surface area contributed by atoms with Gasteiger partial charge < -0.3 is 5.32 Å². The Labute approximate surface area is 109 Å². The highest BCUT2D eigenvalue weighted by atomic mass is 16.2. The highest BCUT2D eigenvalue weighted by Gasteiger charge is 2.20. The van der Waals surface area contributed by atoms with Crippen LogP contribution in [-0.2, 0) is 0 Å². The third-order valence-corrected chi connectivity index (χ3v) is 2.98. The molecule has 0 fully saturated rings. The Morgan fingerprint density at radius 1 is 1.39 bits per heavy atom. The number of unbranched alkanes of at least 4 members (excludes halogenated alkanes) is 2. The van der Waals surface area contributed by atoms with Gasteiger partial charge in [-0.05, 0) is 18.8 Å². The van der Waals surface area contributed by atoms with Crippen LogP contribution in [0.3, 0.4) is 0 Å². The molecule has 1 amide bonds. The van der Waals surface area contributed by atoms with Gasteiger partial charge in [-0.25, -0.2) is 4.98 Å². The molecule has 1 rings (SSSR count). The van der Waals surface area contributed by atoms with Gasteiger partial charge in [0.25, 0.3) is 5.91 Å². The predicted molar refractivity (Wildman–Crippen MR) is 71.4 cm³/mol. The molecule has 0 aliphatic carbocycles. The number of aromatic nitrogens is 3. The lowest BCUT2D eigenvalue weighted by Gasteiger charge is -2.24. The number of aryl methyl sites for hydroxylation is 1. The van der Waals surface area contributed by atoms with Gasteiger partial charge in [0, 0.05) is 6.54 Å². The maximum Gasteiger partial charge on any atom is 0.290 e. The molecule has 0 bridgehead atoms. The zero-order valence-electron chi connectivity index (χ0n) is 11.8. The number of carbonyl (C=O) groups is 1. The van der Waals surface area contributed by atoms with E-state index in [2.05, 4.69) is 41.3 Å². The Balaban J connectivity index is 2.37. The molecule has 5 nitrogen and oxygen atoms in total. The van der Waals surface area contributed by atoms with Crippen molar-refractivity contribution in [1.82, 2.24) is 20.5 Å². The topological polar surface area (TPSA) is 70.7 Å². The molecule has 0 aliphatic rings. The number of nitrogens with zero attached hydrogens (tertiary/aromatic N) is 2. The van der Waals surface area contributed by atoms with Crippen molar-refractivity contribution < 1.29 is 4.79 Å². The van der Waals surface area contributed by atoms with Crippen molar-refractivity contribution in [3.8, 4) is 0 Å². The third-order valence-electron chi connectivity index (χ3n) is 2.98. The van der Waals surface area contributed by atoms with E-state index in [0.717, 1.165) is 6.42 Å². The average Bonchev–Trinajstić information content (AvgIpc) is 2.73. The molecule has 18 heavy (non-hydrogen) atoms. The number of nitrogens with one attached hydrogen (secondary N) is 2. The van der Waals surface area contributed by atoms with Gasteiger partial charge in [-0.3, -0.25) is 9.89 Å². The minimum atomic E-state index is -0.206. The lowest BCUT2D eigenvalue weighted by Crippen LogP contribution is -2.34. The fraction of sp³-hybridized carbons (Fsp3) is 0.769. The minimum Gasteiger partial charge on any atom is -0.349 e. The number of hydrogen-bond donors (Lipinski definition) is 2. The van der Waals surface area contributed by atoms with Gasteiger partial charge in [-0.15, -0.1) is 5.10 Å². The van der Waals surface area contributed by atoms with Gasteiger partial charge in [-0.1, -0.05) is 40.0 Å². The van der Waals surface area contributed by atoms with Crippen LogP contribution in [0.2, 0.25) is 0 Å². The summed E-state index contributed by atoms with van der Waals surface area (Å²) in [5.74, 6) is 0.669. The molecule has 1 heterocycles.